The molecule has 7 nitrogen and oxygen atoms in total. The van der Waals surface area contributed by atoms with Crippen LogP contribution in [0.25, 0.3) is 0 Å². The molecule has 2 unspecified atom stereocenters. The SMILES string of the molecule is CCC1(CC)CC(=O)N(CC2C(C(=O)N[C@H]3CCOc4ccccc43)C2(F)F)C(=N)N1. The second-order valence-corrected chi connectivity index (χ2v) is 8.64. The monoisotopic (exact) mass is 434 g/mol. The Morgan fingerprint density at radius 1 is 1.32 bits per heavy atom. The largest absolute Gasteiger partial charge is 0.493 e. The molecule has 1 aliphatic carbocycles. The Balaban J connectivity index is 1.42. The Hall–Kier alpha value is -2.71. The fourth-order valence-corrected chi connectivity index (χ4v) is 4.67. The van der Waals surface area contributed by atoms with Crippen LogP contribution in [-0.4, -0.2) is 47.3 Å². The van der Waals surface area contributed by atoms with Gasteiger partial charge in [0.15, 0.2) is 5.96 Å². The number of amides is 2. The summed E-state index contributed by atoms with van der Waals surface area (Å²) < 4.78 is 34.6. The molecule has 0 bridgehead atoms. The maximum atomic E-state index is 14.5. The molecule has 2 aliphatic heterocycles. The van der Waals surface area contributed by atoms with Crippen LogP contribution in [0.2, 0.25) is 0 Å². The summed E-state index contributed by atoms with van der Waals surface area (Å²) in [5.74, 6) is -6.62. The van der Waals surface area contributed by atoms with E-state index in [-0.39, 0.29) is 30.9 Å². The van der Waals surface area contributed by atoms with Gasteiger partial charge in [-0.05, 0) is 18.9 Å². The third-order valence-electron chi connectivity index (χ3n) is 6.94. The van der Waals surface area contributed by atoms with Crippen LogP contribution in [0.4, 0.5) is 8.78 Å². The van der Waals surface area contributed by atoms with Crippen LogP contribution in [0, 0.1) is 17.2 Å². The molecule has 31 heavy (non-hydrogen) atoms. The average Bonchev–Trinajstić information content (AvgIpc) is 3.30. The number of hydrogen-bond donors (Lipinski definition) is 3. The van der Waals surface area contributed by atoms with Gasteiger partial charge in [0, 0.05) is 24.1 Å². The number of benzene rings is 1. The number of carbonyl (C=O) groups excluding carboxylic acids is 2. The zero-order valence-electron chi connectivity index (χ0n) is 17.7. The normalized spacial score (nSPS) is 28.3. The van der Waals surface area contributed by atoms with Gasteiger partial charge in [0.05, 0.1) is 25.0 Å². The first-order chi connectivity index (χ1) is 14.7. The van der Waals surface area contributed by atoms with Gasteiger partial charge in [0.25, 0.3) is 5.92 Å². The number of alkyl halides is 2. The summed E-state index contributed by atoms with van der Waals surface area (Å²) in [5, 5.41) is 13.9. The number of halogens is 2. The van der Waals surface area contributed by atoms with Crippen LogP contribution >= 0.6 is 0 Å². The van der Waals surface area contributed by atoms with Crippen molar-refractivity contribution < 1.29 is 23.1 Å². The van der Waals surface area contributed by atoms with E-state index >= 15 is 0 Å². The Bertz CT molecular complexity index is 882. The minimum Gasteiger partial charge on any atom is -0.493 e. The van der Waals surface area contributed by atoms with Gasteiger partial charge in [0.2, 0.25) is 11.8 Å². The standard InChI is InChI=1S/C22H28F2N4O3/c1-3-21(4-2)11-17(29)28(20(25)27-21)12-14-18(22(14,23)24)19(30)26-15-9-10-31-16-8-6-5-7-13(15)16/h5-8,14-15,18H,3-4,9-12H2,1-2H3,(H2,25,27)(H,26,30)/t14?,15-,18?/m0/s1. The lowest BCUT2D eigenvalue weighted by Crippen LogP contribution is -2.62. The van der Waals surface area contributed by atoms with Crippen molar-refractivity contribution in [2.24, 2.45) is 11.8 Å². The molecule has 2 heterocycles. The first-order valence-electron chi connectivity index (χ1n) is 10.8. The lowest BCUT2D eigenvalue weighted by molar-refractivity contribution is -0.131. The molecule has 2 fully saturated rings. The van der Waals surface area contributed by atoms with Crippen molar-refractivity contribution in [1.29, 1.82) is 5.41 Å². The fraction of sp³-hybridized carbons (Fsp3) is 0.591. The highest BCUT2D eigenvalue weighted by molar-refractivity contribution is 5.99. The van der Waals surface area contributed by atoms with Gasteiger partial charge in [-0.1, -0.05) is 32.0 Å². The number of fused-ring (bicyclic) bond motifs is 1. The highest BCUT2D eigenvalue weighted by Gasteiger charge is 2.72. The number of para-hydroxylation sites is 1. The van der Waals surface area contributed by atoms with Gasteiger partial charge in [-0.15, -0.1) is 0 Å². The highest BCUT2D eigenvalue weighted by Crippen LogP contribution is 2.56. The van der Waals surface area contributed by atoms with Gasteiger partial charge >= 0.3 is 0 Å². The van der Waals surface area contributed by atoms with Crippen LogP contribution < -0.4 is 15.4 Å². The number of nitrogens with zero attached hydrogens (tertiary/aromatic N) is 1. The maximum Gasteiger partial charge on any atom is 0.265 e. The van der Waals surface area contributed by atoms with Gasteiger partial charge in [-0.2, -0.15) is 0 Å². The third-order valence-corrected chi connectivity index (χ3v) is 6.94. The van der Waals surface area contributed by atoms with Crippen molar-refractivity contribution >= 4 is 17.8 Å². The summed E-state index contributed by atoms with van der Waals surface area (Å²) in [5.41, 5.74) is 0.263. The molecule has 4 rings (SSSR count). The molecule has 3 N–H and O–H groups in total. The molecular formula is C22H28F2N4O3. The third kappa shape index (κ3) is 3.74. The van der Waals surface area contributed by atoms with E-state index < -0.39 is 29.2 Å². The van der Waals surface area contributed by atoms with Crippen LogP contribution in [0.1, 0.15) is 51.1 Å². The van der Waals surface area contributed by atoms with E-state index in [1.165, 1.54) is 0 Å². The van der Waals surface area contributed by atoms with Crippen molar-refractivity contribution in [3.8, 4) is 5.75 Å². The smallest absolute Gasteiger partial charge is 0.265 e. The Labute approximate surface area is 180 Å². The predicted molar refractivity (Wildman–Crippen MR) is 110 cm³/mol. The summed E-state index contributed by atoms with van der Waals surface area (Å²) in [6.07, 6.45) is 1.96. The first-order valence-corrected chi connectivity index (χ1v) is 10.8. The lowest BCUT2D eigenvalue weighted by Gasteiger charge is -2.42. The molecule has 0 radical (unpaired) electrons. The highest BCUT2D eigenvalue weighted by atomic mass is 19.3. The molecule has 3 aliphatic rings. The average molecular weight is 434 g/mol. The van der Waals surface area contributed by atoms with Gasteiger partial charge in [-0.25, -0.2) is 8.78 Å². The van der Waals surface area contributed by atoms with E-state index in [4.69, 9.17) is 10.1 Å². The molecule has 0 spiro atoms. The van der Waals surface area contributed by atoms with Crippen molar-refractivity contribution in [3.05, 3.63) is 29.8 Å². The second kappa shape index (κ2) is 7.76. The number of carbonyl (C=O) groups is 2. The molecular weight excluding hydrogens is 406 g/mol. The van der Waals surface area contributed by atoms with E-state index in [2.05, 4.69) is 10.6 Å². The van der Waals surface area contributed by atoms with Gasteiger partial charge in [-0.3, -0.25) is 19.9 Å². The summed E-state index contributed by atoms with van der Waals surface area (Å²) in [6.45, 7) is 3.91. The number of nitrogens with one attached hydrogen (secondary N) is 3. The number of rotatable bonds is 6. The number of guanidine groups is 1. The molecule has 168 valence electrons. The molecule has 1 aromatic rings. The minimum absolute atomic E-state index is 0.149. The summed E-state index contributed by atoms with van der Waals surface area (Å²) >= 11 is 0. The Kier molecular flexibility index (Phi) is 5.39. The second-order valence-electron chi connectivity index (χ2n) is 8.64. The van der Waals surface area contributed by atoms with E-state index in [0.717, 1.165) is 10.5 Å². The van der Waals surface area contributed by atoms with Gasteiger partial charge in [0.1, 0.15) is 11.7 Å². The molecule has 1 aromatic carbocycles. The van der Waals surface area contributed by atoms with E-state index in [0.29, 0.717) is 31.6 Å². The molecule has 1 saturated heterocycles. The predicted octanol–water partition coefficient (Wildman–Crippen LogP) is 2.82. The van der Waals surface area contributed by atoms with Gasteiger partial charge < -0.3 is 15.4 Å². The first kappa shape index (κ1) is 21.5. The van der Waals surface area contributed by atoms with Crippen LogP contribution in [0.15, 0.2) is 24.3 Å². The van der Waals surface area contributed by atoms with E-state index in [1.807, 2.05) is 32.0 Å². The lowest BCUT2D eigenvalue weighted by atomic mass is 9.87. The topological polar surface area (TPSA) is 94.5 Å². The fourth-order valence-electron chi connectivity index (χ4n) is 4.67. The number of hydrogen-bond acceptors (Lipinski definition) is 4. The zero-order valence-corrected chi connectivity index (χ0v) is 17.7. The van der Waals surface area contributed by atoms with E-state index in [1.54, 1.807) is 6.07 Å². The van der Waals surface area contributed by atoms with Crippen molar-refractivity contribution in [1.82, 2.24) is 15.5 Å². The molecule has 0 aromatic heterocycles. The van der Waals surface area contributed by atoms with Crippen molar-refractivity contribution in [3.63, 3.8) is 0 Å². The van der Waals surface area contributed by atoms with Crippen LogP contribution in [-0.2, 0) is 9.59 Å². The summed E-state index contributed by atoms with van der Waals surface area (Å²) in [4.78, 5) is 26.4. The van der Waals surface area contributed by atoms with Crippen molar-refractivity contribution in [2.75, 3.05) is 13.2 Å². The number of ether oxygens (including phenoxy) is 1. The van der Waals surface area contributed by atoms with Crippen LogP contribution in [0.3, 0.4) is 0 Å². The Morgan fingerprint density at radius 3 is 2.71 bits per heavy atom. The summed E-state index contributed by atoms with van der Waals surface area (Å²) in [6, 6.07) is 6.85. The van der Waals surface area contributed by atoms with E-state index in [9.17, 15) is 18.4 Å². The Morgan fingerprint density at radius 2 is 2.03 bits per heavy atom. The summed E-state index contributed by atoms with van der Waals surface area (Å²) in [7, 11) is 0. The maximum absolute atomic E-state index is 14.5. The van der Waals surface area contributed by atoms with Crippen LogP contribution in [0.5, 0.6) is 5.75 Å². The molecule has 2 amide bonds. The minimum atomic E-state index is -3.21. The molecule has 3 atom stereocenters. The van der Waals surface area contributed by atoms with Crippen molar-refractivity contribution in [2.45, 2.75) is 57.0 Å². The molecule has 9 heteroatoms. The molecule has 1 saturated carbocycles. The zero-order chi connectivity index (χ0) is 22.4. The quantitative estimate of drug-likeness (QED) is 0.642.